The fourth-order valence-corrected chi connectivity index (χ4v) is 5.43. The van der Waals surface area contributed by atoms with E-state index < -0.39 is 0 Å². The van der Waals surface area contributed by atoms with Crippen LogP contribution in [0.15, 0.2) is 30.3 Å². The van der Waals surface area contributed by atoms with Gasteiger partial charge in [0, 0.05) is 31.7 Å². The molecule has 0 aromatic heterocycles. The Morgan fingerprint density at radius 3 is 2.62 bits per heavy atom. The van der Waals surface area contributed by atoms with E-state index in [2.05, 4.69) is 10.2 Å². The second-order valence-corrected chi connectivity index (χ2v) is 9.80. The molecule has 9 heteroatoms. The monoisotopic (exact) mass is 509 g/mol. The molecule has 2 amide bonds. The third kappa shape index (κ3) is 5.61. The van der Waals surface area contributed by atoms with Crippen LogP contribution in [0, 0.1) is 5.92 Å². The van der Waals surface area contributed by atoms with Gasteiger partial charge in [0.25, 0.3) is 5.91 Å². The highest BCUT2D eigenvalue weighted by molar-refractivity contribution is 5.94. The highest BCUT2D eigenvalue weighted by atomic mass is 16.7. The van der Waals surface area contributed by atoms with Gasteiger partial charge in [-0.2, -0.15) is 0 Å². The third-order valence-corrected chi connectivity index (χ3v) is 7.46. The Morgan fingerprint density at radius 2 is 1.81 bits per heavy atom. The average Bonchev–Trinajstić information content (AvgIpc) is 3.42. The van der Waals surface area contributed by atoms with Crippen molar-refractivity contribution >= 4 is 11.8 Å². The Morgan fingerprint density at radius 1 is 1.03 bits per heavy atom. The van der Waals surface area contributed by atoms with E-state index in [4.69, 9.17) is 18.9 Å². The van der Waals surface area contributed by atoms with Crippen LogP contribution in [0.3, 0.4) is 0 Å². The number of piperidine rings is 1. The van der Waals surface area contributed by atoms with Crippen molar-refractivity contribution in [2.75, 3.05) is 53.7 Å². The number of nitrogens with zero attached hydrogens (tertiary/aromatic N) is 2. The van der Waals surface area contributed by atoms with Gasteiger partial charge in [0.15, 0.2) is 23.0 Å². The summed E-state index contributed by atoms with van der Waals surface area (Å²) in [6.45, 7) is 4.71. The van der Waals surface area contributed by atoms with E-state index in [1.807, 2.05) is 17.0 Å². The van der Waals surface area contributed by atoms with Crippen molar-refractivity contribution < 1.29 is 28.5 Å². The molecule has 2 aromatic rings. The van der Waals surface area contributed by atoms with E-state index in [1.165, 1.54) is 5.56 Å². The smallest absolute Gasteiger partial charge is 0.251 e. The molecular formula is C28H35N3O6. The van der Waals surface area contributed by atoms with Crippen molar-refractivity contribution in [1.29, 1.82) is 0 Å². The van der Waals surface area contributed by atoms with E-state index in [0.717, 1.165) is 63.2 Å². The van der Waals surface area contributed by atoms with Gasteiger partial charge >= 0.3 is 0 Å². The minimum Gasteiger partial charge on any atom is -0.493 e. The molecule has 3 aliphatic rings. The first-order valence-electron chi connectivity index (χ1n) is 13.0. The van der Waals surface area contributed by atoms with Gasteiger partial charge in [-0.1, -0.05) is 0 Å². The molecule has 1 saturated heterocycles. The maximum Gasteiger partial charge on any atom is 0.251 e. The number of carbonyl (C=O) groups excluding carboxylic acids is 2. The van der Waals surface area contributed by atoms with E-state index in [0.29, 0.717) is 35.9 Å². The second kappa shape index (κ2) is 11.3. The van der Waals surface area contributed by atoms with Crippen LogP contribution in [-0.2, 0) is 17.8 Å². The van der Waals surface area contributed by atoms with Crippen molar-refractivity contribution in [2.45, 2.75) is 32.2 Å². The molecule has 3 heterocycles. The Labute approximate surface area is 217 Å². The van der Waals surface area contributed by atoms with E-state index >= 15 is 0 Å². The van der Waals surface area contributed by atoms with Crippen LogP contribution in [-0.4, -0.2) is 75.4 Å². The van der Waals surface area contributed by atoms with Gasteiger partial charge in [-0.3, -0.25) is 9.59 Å². The van der Waals surface area contributed by atoms with Crippen LogP contribution in [0.5, 0.6) is 23.0 Å². The number of carbonyl (C=O) groups is 2. The first-order chi connectivity index (χ1) is 18.1. The molecule has 0 aliphatic carbocycles. The number of fused-ring (bicyclic) bond motifs is 2. The van der Waals surface area contributed by atoms with E-state index in [-0.39, 0.29) is 24.5 Å². The summed E-state index contributed by atoms with van der Waals surface area (Å²) >= 11 is 0. The molecule has 9 nitrogen and oxygen atoms in total. The summed E-state index contributed by atoms with van der Waals surface area (Å²) in [5, 5.41) is 2.99. The Kier molecular flexibility index (Phi) is 7.69. The maximum atomic E-state index is 13.4. The molecule has 1 fully saturated rings. The van der Waals surface area contributed by atoms with Crippen LogP contribution in [0.2, 0.25) is 0 Å². The molecule has 1 N–H and O–H groups in total. The molecule has 3 aliphatic heterocycles. The van der Waals surface area contributed by atoms with Crippen molar-refractivity contribution in [3.05, 3.63) is 47.0 Å². The summed E-state index contributed by atoms with van der Waals surface area (Å²) in [7, 11) is 3.28. The van der Waals surface area contributed by atoms with E-state index in [9.17, 15) is 9.59 Å². The Hall–Kier alpha value is -3.46. The first-order valence-corrected chi connectivity index (χ1v) is 13.0. The number of ether oxygens (including phenoxy) is 4. The molecule has 5 rings (SSSR count). The maximum absolute atomic E-state index is 13.4. The van der Waals surface area contributed by atoms with Gasteiger partial charge in [0.1, 0.15) is 0 Å². The lowest BCUT2D eigenvalue weighted by molar-refractivity contribution is -0.138. The number of benzene rings is 2. The number of hydrogen-bond acceptors (Lipinski definition) is 7. The van der Waals surface area contributed by atoms with Crippen LogP contribution >= 0.6 is 0 Å². The summed E-state index contributed by atoms with van der Waals surface area (Å²) in [4.78, 5) is 30.2. The molecule has 37 heavy (non-hydrogen) atoms. The van der Waals surface area contributed by atoms with Gasteiger partial charge in [-0.15, -0.1) is 0 Å². The lowest BCUT2D eigenvalue weighted by Gasteiger charge is -2.37. The number of rotatable bonds is 8. The van der Waals surface area contributed by atoms with Crippen LogP contribution in [0.4, 0.5) is 0 Å². The molecule has 0 saturated carbocycles. The molecule has 0 spiro atoms. The van der Waals surface area contributed by atoms with Gasteiger partial charge in [-0.25, -0.2) is 0 Å². The van der Waals surface area contributed by atoms with Gasteiger partial charge in [0.2, 0.25) is 12.7 Å². The SMILES string of the molecule is COc1cc2c(cc1OC)CN(C(=O)C1CCCN(CCCNC(=O)c3ccc4c(c3)OCO4)C1)CC2. The highest BCUT2D eigenvalue weighted by Gasteiger charge is 2.31. The van der Waals surface area contributed by atoms with Gasteiger partial charge in [0.05, 0.1) is 20.1 Å². The van der Waals surface area contributed by atoms with Crippen LogP contribution in [0.1, 0.15) is 40.7 Å². The zero-order valence-electron chi connectivity index (χ0n) is 21.6. The standard InChI is InChI=1S/C28H35N3O6/c1-34-24-13-19-8-12-31(17-22(19)15-25(24)35-2)28(33)21-5-3-10-30(16-21)11-4-9-29-27(32)20-6-7-23-26(14-20)37-18-36-23/h6-7,13-15,21H,3-5,8-12,16-18H2,1-2H3,(H,29,32). The quantitative estimate of drug-likeness (QED) is 0.548. The van der Waals surface area contributed by atoms with Gasteiger partial charge < -0.3 is 34.1 Å². The fraction of sp³-hybridized carbons (Fsp3) is 0.500. The van der Waals surface area contributed by atoms with Crippen LogP contribution < -0.4 is 24.3 Å². The summed E-state index contributed by atoms with van der Waals surface area (Å²) in [5.41, 5.74) is 2.91. The number of amides is 2. The number of methoxy groups -OCH3 is 2. The predicted molar refractivity (Wildman–Crippen MR) is 137 cm³/mol. The summed E-state index contributed by atoms with van der Waals surface area (Å²) in [6, 6.07) is 9.25. The zero-order chi connectivity index (χ0) is 25.8. The zero-order valence-corrected chi connectivity index (χ0v) is 21.6. The average molecular weight is 510 g/mol. The fourth-order valence-electron chi connectivity index (χ4n) is 5.43. The molecule has 198 valence electrons. The van der Waals surface area contributed by atoms with Gasteiger partial charge in [-0.05, 0) is 80.2 Å². The molecule has 0 radical (unpaired) electrons. The van der Waals surface area contributed by atoms with Crippen LogP contribution in [0.25, 0.3) is 0 Å². The molecule has 2 aromatic carbocycles. The van der Waals surface area contributed by atoms with E-state index in [1.54, 1.807) is 32.4 Å². The lowest BCUT2D eigenvalue weighted by atomic mass is 9.93. The second-order valence-electron chi connectivity index (χ2n) is 9.80. The highest BCUT2D eigenvalue weighted by Crippen LogP contribution is 2.34. The minimum absolute atomic E-state index is 0.0127. The lowest BCUT2D eigenvalue weighted by Crippen LogP contribution is -2.46. The largest absolute Gasteiger partial charge is 0.493 e. The normalized spacial score (nSPS) is 18.8. The number of likely N-dealkylation sites (tertiary alicyclic amines) is 1. The predicted octanol–water partition coefficient (Wildman–Crippen LogP) is 2.85. The summed E-state index contributed by atoms with van der Waals surface area (Å²) in [5.74, 6) is 2.83. The van der Waals surface area contributed by atoms with Crippen molar-refractivity contribution in [3.63, 3.8) is 0 Å². The summed E-state index contributed by atoms with van der Waals surface area (Å²) < 4.78 is 21.5. The molecule has 1 unspecified atom stereocenters. The van der Waals surface area contributed by atoms with Crippen molar-refractivity contribution in [1.82, 2.24) is 15.1 Å². The number of hydrogen-bond donors (Lipinski definition) is 1. The van der Waals surface area contributed by atoms with Crippen molar-refractivity contribution in [2.24, 2.45) is 5.92 Å². The topological polar surface area (TPSA) is 89.6 Å². The Balaban J connectivity index is 1.09. The molecule has 0 bridgehead atoms. The first kappa shape index (κ1) is 25.2. The Bertz CT molecular complexity index is 1150. The molecule has 1 atom stereocenters. The number of nitrogens with one attached hydrogen (secondary N) is 1. The minimum atomic E-state index is -0.121. The van der Waals surface area contributed by atoms with Crippen molar-refractivity contribution in [3.8, 4) is 23.0 Å². The molecular weight excluding hydrogens is 474 g/mol. The summed E-state index contributed by atoms with van der Waals surface area (Å²) in [6.07, 6.45) is 3.58. The third-order valence-electron chi connectivity index (χ3n) is 7.46.